The van der Waals surface area contributed by atoms with Crippen molar-refractivity contribution in [1.29, 1.82) is 0 Å². The van der Waals surface area contributed by atoms with Crippen molar-refractivity contribution in [3.8, 4) is 0 Å². The fraction of sp³-hybridized carbons (Fsp3) is 1.00. The number of halogens is 1. The number of unbranched alkanes of at least 4 members (excludes halogenated alkanes) is 3. The third kappa shape index (κ3) is 8.44. The Hall–Kier alpha value is 0.440. The molecule has 0 unspecified atom stereocenters. The maximum Gasteiger partial charge on any atom is 0.00313 e. The van der Waals surface area contributed by atoms with E-state index in [9.17, 15) is 0 Å². The average Bonchev–Trinajstić information content (AvgIpc) is 1.97. The largest absolute Gasteiger partial charge is 0.317 e. The van der Waals surface area contributed by atoms with Gasteiger partial charge in [-0.25, -0.2) is 0 Å². The van der Waals surface area contributed by atoms with Crippen LogP contribution in [0.1, 0.15) is 32.6 Å². The van der Waals surface area contributed by atoms with Crippen LogP contribution < -0.4 is 5.32 Å². The van der Waals surface area contributed by atoms with Gasteiger partial charge in [-0.3, -0.25) is 0 Å². The highest BCUT2D eigenvalue weighted by Gasteiger charge is 1.87. The molecule has 1 N–H and O–H groups in total. The van der Waals surface area contributed by atoms with Crippen molar-refractivity contribution in [2.24, 2.45) is 0 Å². The molecule has 0 atom stereocenters. The Kier molecular flexibility index (Phi) is 9.86. The van der Waals surface area contributed by atoms with Crippen LogP contribution in [0.5, 0.6) is 0 Å². The third-order valence-corrected chi connectivity index (χ3v) is 2.05. The molecule has 2 heteroatoms. The summed E-state index contributed by atoms with van der Waals surface area (Å²) in [6, 6.07) is 0. The fourth-order valence-electron chi connectivity index (χ4n) is 0.875. The highest BCUT2D eigenvalue weighted by Crippen LogP contribution is 2.00. The topological polar surface area (TPSA) is 12.0 Å². The van der Waals surface area contributed by atoms with Crippen molar-refractivity contribution in [1.82, 2.24) is 5.32 Å². The average molecular weight is 208 g/mol. The molecule has 1 nitrogen and oxygen atoms in total. The number of nitrogens with one attached hydrogen (secondary N) is 1. The molecule has 0 bridgehead atoms. The quantitative estimate of drug-likeness (QED) is 0.500. The van der Waals surface area contributed by atoms with E-state index < -0.39 is 0 Å². The molecule has 0 rings (SSSR count). The Morgan fingerprint density at radius 2 is 1.80 bits per heavy atom. The van der Waals surface area contributed by atoms with Crippen molar-refractivity contribution < 1.29 is 0 Å². The molecular formula is C8H18BrN. The zero-order valence-electron chi connectivity index (χ0n) is 6.83. The van der Waals surface area contributed by atoms with Gasteiger partial charge in [0.25, 0.3) is 0 Å². The Morgan fingerprint density at radius 1 is 1.10 bits per heavy atom. The van der Waals surface area contributed by atoms with E-state index in [4.69, 9.17) is 0 Å². The molecule has 0 aliphatic rings. The maximum absolute atomic E-state index is 3.42. The molecule has 0 aromatic heterocycles. The van der Waals surface area contributed by atoms with Gasteiger partial charge in [-0.05, 0) is 25.9 Å². The predicted octanol–water partition coefficient (Wildman–Crippen LogP) is 2.55. The van der Waals surface area contributed by atoms with Crippen LogP contribution in [-0.4, -0.2) is 18.4 Å². The smallest absolute Gasteiger partial charge is 0.00313 e. The SMILES string of the molecule is CCNCCCCCCBr. The lowest BCUT2D eigenvalue weighted by Crippen LogP contribution is -2.13. The molecule has 0 amide bonds. The van der Waals surface area contributed by atoms with Crippen molar-refractivity contribution >= 4 is 15.9 Å². The molecule has 0 aliphatic heterocycles. The lowest BCUT2D eigenvalue weighted by atomic mass is 10.2. The van der Waals surface area contributed by atoms with E-state index in [-0.39, 0.29) is 0 Å². The van der Waals surface area contributed by atoms with E-state index in [1.165, 1.54) is 32.2 Å². The van der Waals surface area contributed by atoms with Gasteiger partial charge in [0.05, 0.1) is 0 Å². The number of hydrogen-bond acceptors (Lipinski definition) is 1. The Labute approximate surface area is 72.7 Å². The summed E-state index contributed by atoms with van der Waals surface area (Å²) in [5.74, 6) is 0. The van der Waals surface area contributed by atoms with Crippen molar-refractivity contribution in [2.75, 3.05) is 18.4 Å². The van der Waals surface area contributed by atoms with Gasteiger partial charge in [0.15, 0.2) is 0 Å². The first-order chi connectivity index (χ1) is 4.91. The zero-order chi connectivity index (χ0) is 7.66. The third-order valence-electron chi connectivity index (χ3n) is 1.49. The summed E-state index contributed by atoms with van der Waals surface area (Å²) in [5, 5.41) is 4.47. The second-order valence-corrected chi connectivity index (χ2v) is 3.25. The van der Waals surface area contributed by atoms with Crippen molar-refractivity contribution in [3.05, 3.63) is 0 Å². The summed E-state index contributed by atoms with van der Waals surface area (Å²) in [6.45, 7) is 4.45. The van der Waals surface area contributed by atoms with Gasteiger partial charge in [-0.15, -0.1) is 0 Å². The number of rotatable bonds is 7. The van der Waals surface area contributed by atoms with Crippen LogP contribution >= 0.6 is 15.9 Å². The van der Waals surface area contributed by atoms with E-state index in [1.807, 2.05) is 0 Å². The van der Waals surface area contributed by atoms with E-state index in [2.05, 4.69) is 28.2 Å². The minimum absolute atomic E-state index is 1.11. The van der Waals surface area contributed by atoms with Gasteiger partial charge in [0.1, 0.15) is 0 Å². The fourth-order valence-corrected chi connectivity index (χ4v) is 1.27. The molecule has 10 heavy (non-hydrogen) atoms. The van der Waals surface area contributed by atoms with Crippen LogP contribution in [-0.2, 0) is 0 Å². The molecule has 0 aromatic carbocycles. The van der Waals surface area contributed by atoms with Crippen LogP contribution in [0.25, 0.3) is 0 Å². The maximum atomic E-state index is 3.42. The molecule has 0 saturated heterocycles. The molecule has 0 aromatic rings. The van der Waals surface area contributed by atoms with Gasteiger partial charge in [-0.1, -0.05) is 35.7 Å². The highest BCUT2D eigenvalue weighted by molar-refractivity contribution is 9.09. The normalized spacial score (nSPS) is 10.2. The summed E-state index contributed by atoms with van der Waals surface area (Å²) in [7, 11) is 0. The first-order valence-corrected chi connectivity index (χ1v) is 5.30. The van der Waals surface area contributed by atoms with E-state index in [0.717, 1.165) is 11.9 Å². The molecule has 0 spiro atoms. The predicted molar refractivity (Wildman–Crippen MR) is 50.8 cm³/mol. The van der Waals surface area contributed by atoms with Crippen LogP contribution in [0.3, 0.4) is 0 Å². The lowest BCUT2D eigenvalue weighted by molar-refractivity contribution is 0.613. The Bertz CT molecular complexity index is 49.2. The van der Waals surface area contributed by atoms with Gasteiger partial charge in [0, 0.05) is 5.33 Å². The number of hydrogen-bond donors (Lipinski definition) is 1. The second kappa shape index (κ2) is 9.44. The van der Waals surface area contributed by atoms with Gasteiger partial charge >= 0.3 is 0 Å². The molecule has 0 heterocycles. The lowest BCUT2D eigenvalue weighted by Gasteiger charge is -1.99. The Morgan fingerprint density at radius 3 is 2.40 bits per heavy atom. The highest BCUT2D eigenvalue weighted by atomic mass is 79.9. The first kappa shape index (κ1) is 10.4. The molecule has 0 saturated carbocycles. The first-order valence-electron chi connectivity index (χ1n) is 4.18. The van der Waals surface area contributed by atoms with E-state index in [1.54, 1.807) is 0 Å². The summed E-state index contributed by atoms with van der Waals surface area (Å²) in [5.41, 5.74) is 0. The van der Waals surface area contributed by atoms with Gasteiger partial charge in [-0.2, -0.15) is 0 Å². The molecular weight excluding hydrogens is 190 g/mol. The molecule has 62 valence electrons. The van der Waals surface area contributed by atoms with Gasteiger partial charge < -0.3 is 5.32 Å². The minimum atomic E-state index is 1.11. The minimum Gasteiger partial charge on any atom is -0.317 e. The van der Waals surface area contributed by atoms with Gasteiger partial charge in [0.2, 0.25) is 0 Å². The van der Waals surface area contributed by atoms with Crippen LogP contribution in [0.15, 0.2) is 0 Å². The Balaban J connectivity index is 2.65. The van der Waals surface area contributed by atoms with Crippen LogP contribution in [0, 0.1) is 0 Å². The second-order valence-electron chi connectivity index (χ2n) is 2.46. The summed E-state index contributed by atoms with van der Waals surface area (Å²) >= 11 is 3.42. The summed E-state index contributed by atoms with van der Waals surface area (Å²) < 4.78 is 0. The van der Waals surface area contributed by atoms with E-state index in [0.29, 0.717) is 0 Å². The van der Waals surface area contributed by atoms with Crippen LogP contribution in [0.2, 0.25) is 0 Å². The zero-order valence-corrected chi connectivity index (χ0v) is 8.41. The van der Waals surface area contributed by atoms with Crippen LogP contribution in [0.4, 0.5) is 0 Å². The summed E-state index contributed by atoms with van der Waals surface area (Å²) in [6.07, 6.45) is 5.40. The molecule has 0 radical (unpaired) electrons. The van der Waals surface area contributed by atoms with Crippen molar-refractivity contribution in [2.45, 2.75) is 32.6 Å². The monoisotopic (exact) mass is 207 g/mol. The van der Waals surface area contributed by atoms with E-state index >= 15 is 0 Å². The standard InChI is InChI=1S/C8H18BrN/c1-2-10-8-6-4-3-5-7-9/h10H,2-8H2,1H3. The molecule has 0 aliphatic carbocycles. The molecule has 0 fully saturated rings. The summed E-state index contributed by atoms with van der Waals surface area (Å²) in [4.78, 5) is 0. The number of alkyl halides is 1. The van der Waals surface area contributed by atoms with Crippen molar-refractivity contribution in [3.63, 3.8) is 0 Å².